The fourth-order valence-electron chi connectivity index (χ4n) is 6.38. The smallest absolute Gasteiger partial charge is 0.230 e. The monoisotopic (exact) mass is 470 g/mol. The summed E-state index contributed by atoms with van der Waals surface area (Å²) in [4.78, 5) is 26.7. The average Bonchev–Trinajstić information content (AvgIpc) is 3.34. The van der Waals surface area contributed by atoms with Crippen LogP contribution in [0.3, 0.4) is 0 Å². The van der Waals surface area contributed by atoms with Gasteiger partial charge in [-0.05, 0) is 13.8 Å². The van der Waals surface area contributed by atoms with Gasteiger partial charge in [-0.1, -0.05) is 0 Å². The number of hydrogen-bond donors (Lipinski definition) is 2. The van der Waals surface area contributed by atoms with Gasteiger partial charge < -0.3 is 29.2 Å². The summed E-state index contributed by atoms with van der Waals surface area (Å²) in [6.07, 6.45) is 0.502. The van der Waals surface area contributed by atoms with Crippen LogP contribution in [0, 0.1) is 0 Å². The predicted octanol–water partition coefficient (Wildman–Crippen LogP) is 3.68. The molecule has 2 atom stereocenters. The molecule has 174 valence electrons. The summed E-state index contributed by atoms with van der Waals surface area (Å²) in [5.41, 5.74) is 0.522. The van der Waals surface area contributed by atoms with Crippen molar-refractivity contribution in [3.63, 3.8) is 0 Å². The predicted molar refractivity (Wildman–Crippen MR) is 128 cm³/mol. The fraction of sp³-hybridized carbons (Fsp3) is 0.259. The van der Waals surface area contributed by atoms with E-state index in [1.807, 2.05) is 13.8 Å². The summed E-state index contributed by atoms with van der Waals surface area (Å²) in [6.45, 7) is 3.60. The maximum absolute atomic E-state index is 13.4. The quantitative estimate of drug-likeness (QED) is 0.260. The molecule has 8 rings (SSSR count). The zero-order valence-electron chi connectivity index (χ0n) is 18.8. The molecule has 0 radical (unpaired) electrons. The molecular weight excluding hydrogens is 452 g/mol. The lowest BCUT2D eigenvalue weighted by Crippen LogP contribution is -2.08. The topological polar surface area (TPSA) is 112 Å². The number of aromatic hydroxyl groups is 2. The Morgan fingerprint density at radius 1 is 0.657 bits per heavy atom. The van der Waals surface area contributed by atoms with E-state index in [1.165, 1.54) is 12.1 Å². The summed E-state index contributed by atoms with van der Waals surface area (Å²) in [5.74, 6) is 1.05. The number of phenols is 2. The van der Waals surface area contributed by atoms with Gasteiger partial charge in [0.1, 0.15) is 35.2 Å². The van der Waals surface area contributed by atoms with Gasteiger partial charge in [0.25, 0.3) is 0 Å². The molecule has 0 saturated heterocycles. The maximum Gasteiger partial charge on any atom is 0.230 e. The highest BCUT2D eigenvalue weighted by Gasteiger charge is 2.37. The van der Waals surface area contributed by atoms with E-state index >= 15 is 0 Å². The van der Waals surface area contributed by atoms with Gasteiger partial charge in [0.15, 0.2) is 22.4 Å². The first-order valence-electron chi connectivity index (χ1n) is 11.6. The molecule has 5 aromatic carbocycles. The highest BCUT2D eigenvalue weighted by molar-refractivity contribution is 6.39. The number of ether oxygens (including phenoxy) is 4. The molecule has 0 spiro atoms. The largest absolute Gasteiger partial charge is 0.507 e. The van der Waals surface area contributed by atoms with Crippen LogP contribution in [0.4, 0.5) is 0 Å². The molecule has 0 bridgehead atoms. The van der Waals surface area contributed by atoms with Crippen LogP contribution in [0.15, 0.2) is 21.7 Å². The van der Waals surface area contributed by atoms with E-state index in [2.05, 4.69) is 0 Å². The van der Waals surface area contributed by atoms with E-state index in [4.69, 9.17) is 18.9 Å². The van der Waals surface area contributed by atoms with Gasteiger partial charge in [-0.25, -0.2) is 0 Å². The Morgan fingerprint density at radius 2 is 1.20 bits per heavy atom. The summed E-state index contributed by atoms with van der Waals surface area (Å²) < 4.78 is 23.9. The minimum atomic E-state index is -0.406. The lowest BCUT2D eigenvalue weighted by atomic mass is 9.83. The molecule has 0 unspecified atom stereocenters. The van der Waals surface area contributed by atoms with Gasteiger partial charge in [-0.3, -0.25) is 9.59 Å². The molecule has 5 aromatic rings. The second-order valence-electron chi connectivity index (χ2n) is 9.73. The van der Waals surface area contributed by atoms with Crippen molar-refractivity contribution in [1.29, 1.82) is 0 Å². The second-order valence-corrected chi connectivity index (χ2v) is 9.73. The van der Waals surface area contributed by atoms with Crippen LogP contribution in [0.25, 0.3) is 43.1 Å². The van der Waals surface area contributed by atoms with E-state index in [-0.39, 0.29) is 52.5 Å². The van der Waals surface area contributed by atoms with Gasteiger partial charge in [0, 0.05) is 68.4 Å². The summed E-state index contributed by atoms with van der Waals surface area (Å²) in [6, 6.07) is 2.68. The summed E-state index contributed by atoms with van der Waals surface area (Å²) in [7, 11) is 0. The molecule has 0 aromatic heterocycles. The van der Waals surface area contributed by atoms with Crippen LogP contribution in [0.5, 0.6) is 34.5 Å². The van der Waals surface area contributed by atoms with Gasteiger partial charge in [-0.2, -0.15) is 0 Å². The molecule has 3 heterocycles. The zero-order chi connectivity index (χ0) is 23.9. The molecule has 8 nitrogen and oxygen atoms in total. The number of rotatable bonds is 0. The van der Waals surface area contributed by atoms with E-state index in [0.717, 1.165) is 5.56 Å². The fourth-order valence-corrected chi connectivity index (χ4v) is 6.38. The highest BCUT2D eigenvalue weighted by atomic mass is 16.7. The second kappa shape index (κ2) is 5.89. The summed E-state index contributed by atoms with van der Waals surface area (Å²) >= 11 is 0. The Kier molecular flexibility index (Phi) is 3.22. The van der Waals surface area contributed by atoms with Crippen LogP contribution in [-0.2, 0) is 12.8 Å². The van der Waals surface area contributed by atoms with Gasteiger partial charge in [-0.15, -0.1) is 0 Å². The third-order valence-electron chi connectivity index (χ3n) is 7.61. The number of phenolic OH excluding ortho intramolecular Hbond substituents is 2. The van der Waals surface area contributed by atoms with E-state index in [0.29, 0.717) is 68.0 Å². The molecular formula is C27H18O8. The van der Waals surface area contributed by atoms with Crippen molar-refractivity contribution in [2.24, 2.45) is 0 Å². The van der Waals surface area contributed by atoms with Crippen LogP contribution < -0.4 is 29.8 Å². The first kappa shape index (κ1) is 19.1. The molecule has 8 heteroatoms. The molecule has 2 N–H and O–H groups in total. The minimum Gasteiger partial charge on any atom is -0.507 e. The SMILES string of the molecule is C[C@@H]1Cc2c(c(O)c3c(=O)cc4c5c6c(cc(=O)c7c(O)c8c(c(c2c35)c76)O[C@H](C)C8)OCO4)O1. The lowest BCUT2D eigenvalue weighted by molar-refractivity contribution is 0.125. The van der Waals surface area contributed by atoms with Crippen molar-refractivity contribution in [2.75, 3.05) is 6.79 Å². The van der Waals surface area contributed by atoms with Crippen molar-refractivity contribution in [2.45, 2.75) is 38.9 Å². The van der Waals surface area contributed by atoms with Crippen LogP contribution in [0.1, 0.15) is 25.0 Å². The lowest BCUT2D eigenvalue weighted by Gasteiger charge is -2.20. The van der Waals surface area contributed by atoms with E-state index < -0.39 is 5.43 Å². The number of hydrogen-bond acceptors (Lipinski definition) is 8. The molecule has 0 saturated carbocycles. The van der Waals surface area contributed by atoms with Crippen LogP contribution in [-0.4, -0.2) is 29.2 Å². The molecule has 0 amide bonds. The zero-order valence-corrected chi connectivity index (χ0v) is 18.8. The number of benzene rings is 5. The Hall–Kier alpha value is -4.20. The standard InChI is InChI=1S/C27H18O8/c1-8-3-10-16-21-18(25(31)27(10)35-8)13(29)6-14-19(21)20-15(33-7-32-14)5-12(28)17-22(20)23(16)26-11(24(17)30)4-9(2)34-26/h5-6,8-9,30-31H,3-4,7H2,1-2H3/t8-,9-/m1/s1. The van der Waals surface area contributed by atoms with Crippen molar-refractivity contribution in [3.8, 4) is 34.5 Å². The average molecular weight is 470 g/mol. The molecule has 0 fully saturated rings. The highest BCUT2D eigenvalue weighted by Crippen LogP contribution is 2.58. The first-order valence-corrected chi connectivity index (χ1v) is 11.6. The van der Waals surface area contributed by atoms with Crippen molar-refractivity contribution in [1.82, 2.24) is 0 Å². The Labute approximate surface area is 196 Å². The maximum atomic E-state index is 13.4. The molecule has 35 heavy (non-hydrogen) atoms. The molecule has 3 aliphatic rings. The normalized spacial score (nSPS) is 20.2. The summed E-state index contributed by atoms with van der Waals surface area (Å²) in [5, 5.41) is 26.3. The van der Waals surface area contributed by atoms with Crippen molar-refractivity contribution >= 4 is 43.1 Å². The van der Waals surface area contributed by atoms with Crippen molar-refractivity contribution in [3.05, 3.63) is 43.7 Å². The molecule has 3 aliphatic heterocycles. The third kappa shape index (κ3) is 2.06. The molecule has 0 aliphatic carbocycles. The third-order valence-corrected chi connectivity index (χ3v) is 7.61. The first-order chi connectivity index (χ1) is 16.8. The number of fused-ring (bicyclic) bond motifs is 5. The van der Waals surface area contributed by atoms with Gasteiger partial charge in [0.05, 0.1) is 10.8 Å². The Balaban J connectivity index is 1.84. The van der Waals surface area contributed by atoms with Crippen molar-refractivity contribution < 1.29 is 29.2 Å². The van der Waals surface area contributed by atoms with E-state index in [9.17, 15) is 19.8 Å². The van der Waals surface area contributed by atoms with Gasteiger partial charge >= 0.3 is 0 Å². The van der Waals surface area contributed by atoms with E-state index in [1.54, 1.807) is 0 Å². The van der Waals surface area contributed by atoms with Gasteiger partial charge in [0.2, 0.25) is 6.79 Å². The van der Waals surface area contributed by atoms with Crippen LogP contribution >= 0.6 is 0 Å². The van der Waals surface area contributed by atoms with Crippen LogP contribution in [0.2, 0.25) is 0 Å². The minimum absolute atomic E-state index is 0.0946. The Bertz CT molecular complexity index is 1790. The Morgan fingerprint density at radius 3 is 1.86 bits per heavy atom.